The highest BCUT2D eigenvalue weighted by Gasteiger charge is 2.38. The minimum atomic E-state index is -0.387. The molecule has 1 aromatic carbocycles. The molecule has 0 spiro atoms. The smallest absolute Gasteiger partial charge is 0.272 e. The van der Waals surface area contributed by atoms with E-state index < -0.39 is 0 Å². The molecular formula is C25H26N6O4. The Bertz CT molecular complexity index is 1220. The molecule has 2 aromatic heterocycles. The van der Waals surface area contributed by atoms with Gasteiger partial charge in [0.2, 0.25) is 11.8 Å². The van der Waals surface area contributed by atoms with Gasteiger partial charge in [-0.2, -0.15) is 5.10 Å². The average Bonchev–Trinajstić information content (AvgIpc) is 3.56. The highest BCUT2D eigenvalue weighted by atomic mass is 16.5. The second-order valence-corrected chi connectivity index (χ2v) is 8.62. The van der Waals surface area contributed by atoms with Crippen molar-refractivity contribution in [1.29, 1.82) is 0 Å². The van der Waals surface area contributed by atoms with Crippen LogP contribution in [0.15, 0.2) is 54.9 Å². The van der Waals surface area contributed by atoms with Gasteiger partial charge in [0.1, 0.15) is 11.4 Å². The molecule has 0 bridgehead atoms. The van der Waals surface area contributed by atoms with Gasteiger partial charge in [-0.15, -0.1) is 0 Å². The summed E-state index contributed by atoms with van der Waals surface area (Å²) in [5, 5.41) is 7.06. The average molecular weight is 475 g/mol. The number of aromatic amines is 1. The lowest BCUT2D eigenvalue weighted by atomic mass is 10.1. The molecule has 10 heteroatoms. The van der Waals surface area contributed by atoms with Gasteiger partial charge in [-0.3, -0.25) is 24.5 Å². The number of methoxy groups -OCH3 is 1. The summed E-state index contributed by atoms with van der Waals surface area (Å²) in [5.74, 6) is 0.0766. The second kappa shape index (κ2) is 9.57. The Morgan fingerprint density at radius 1 is 1.00 bits per heavy atom. The molecule has 10 nitrogen and oxygen atoms in total. The lowest BCUT2D eigenvalue weighted by Crippen LogP contribution is -2.52. The van der Waals surface area contributed by atoms with Crippen molar-refractivity contribution in [3.8, 4) is 17.0 Å². The van der Waals surface area contributed by atoms with E-state index in [1.807, 2.05) is 24.3 Å². The predicted molar refractivity (Wildman–Crippen MR) is 128 cm³/mol. The summed E-state index contributed by atoms with van der Waals surface area (Å²) in [7, 11) is 1.59. The van der Waals surface area contributed by atoms with Crippen LogP contribution in [-0.4, -0.2) is 82.5 Å². The van der Waals surface area contributed by atoms with E-state index in [1.165, 1.54) is 0 Å². The normalized spacial score (nSPS) is 18.1. The minimum absolute atomic E-state index is 0.0389. The molecule has 1 atom stereocenters. The van der Waals surface area contributed by atoms with E-state index in [4.69, 9.17) is 4.74 Å². The molecule has 2 aliphatic rings. The van der Waals surface area contributed by atoms with Crippen LogP contribution in [0.5, 0.6) is 5.75 Å². The number of piperazine rings is 1. The molecular weight excluding hydrogens is 448 g/mol. The fourth-order valence-electron chi connectivity index (χ4n) is 4.55. The van der Waals surface area contributed by atoms with Crippen molar-refractivity contribution >= 4 is 23.4 Å². The van der Waals surface area contributed by atoms with E-state index in [0.717, 1.165) is 11.3 Å². The molecule has 0 radical (unpaired) electrons. The van der Waals surface area contributed by atoms with Crippen molar-refractivity contribution in [1.82, 2.24) is 25.0 Å². The van der Waals surface area contributed by atoms with Crippen molar-refractivity contribution in [3.05, 3.63) is 60.6 Å². The molecule has 3 amide bonds. The monoisotopic (exact) mass is 474 g/mol. The van der Waals surface area contributed by atoms with Crippen LogP contribution in [0.2, 0.25) is 0 Å². The van der Waals surface area contributed by atoms with Gasteiger partial charge in [0.25, 0.3) is 5.91 Å². The Labute approximate surface area is 202 Å². The standard InChI is InChI=1S/C25H26N6O4/c1-35-20-4-2-19(3-5-20)31-16-18(14-23(31)32)24(33)29-10-12-30(13-11-29)25(34)22-15-21(27-28-22)17-6-8-26-9-7-17/h2-9,15,18H,10-14,16H2,1H3,(H,27,28)/t18-/m1/s1. The zero-order valence-corrected chi connectivity index (χ0v) is 19.4. The summed E-state index contributed by atoms with van der Waals surface area (Å²) >= 11 is 0. The first-order valence-electron chi connectivity index (χ1n) is 11.5. The van der Waals surface area contributed by atoms with Gasteiger partial charge in [0, 0.05) is 62.8 Å². The number of anilines is 1. The molecule has 4 heterocycles. The topological polar surface area (TPSA) is 112 Å². The SMILES string of the molecule is COc1ccc(N2C[C@H](C(=O)N3CCN(C(=O)c4cc(-c5ccncc5)n[nH]4)CC3)CC2=O)cc1. The predicted octanol–water partition coefficient (Wildman–Crippen LogP) is 1.82. The molecule has 0 saturated carbocycles. The fraction of sp³-hybridized carbons (Fsp3) is 0.320. The molecule has 0 aliphatic carbocycles. The molecule has 2 saturated heterocycles. The van der Waals surface area contributed by atoms with Gasteiger partial charge in [0.05, 0.1) is 18.7 Å². The quantitative estimate of drug-likeness (QED) is 0.604. The lowest BCUT2D eigenvalue weighted by molar-refractivity contribution is -0.137. The van der Waals surface area contributed by atoms with E-state index >= 15 is 0 Å². The Kier molecular flexibility index (Phi) is 6.17. The Morgan fingerprint density at radius 3 is 2.37 bits per heavy atom. The lowest BCUT2D eigenvalue weighted by Gasteiger charge is -2.35. The van der Waals surface area contributed by atoms with E-state index in [-0.39, 0.29) is 30.1 Å². The van der Waals surface area contributed by atoms with E-state index in [2.05, 4.69) is 15.2 Å². The molecule has 2 aliphatic heterocycles. The fourth-order valence-corrected chi connectivity index (χ4v) is 4.55. The Morgan fingerprint density at radius 2 is 1.69 bits per heavy atom. The Hall–Kier alpha value is -4.21. The molecule has 1 N–H and O–H groups in total. The van der Waals surface area contributed by atoms with Gasteiger partial charge < -0.3 is 19.4 Å². The van der Waals surface area contributed by atoms with Crippen LogP contribution in [0.1, 0.15) is 16.9 Å². The van der Waals surface area contributed by atoms with E-state index in [1.54, 1.807) is 52.4 Å². The summed E-state index contributed by atoms with van der Waals surface area (Å²) in [6.07, 6.45) is 3.54. The number of hydrogen-bond donors (Lipinski definition) is 1. The first kappa shape index (κ1) is 22.6. The number of rotatable bonds is 5. The summed E-state index contributed by atoms with van der Waals surface area (Å²) < 4.78 is 5.17. The van der Waals surface area contributed by atoms with Gasteiger partial charge in [-0.05, 0) is 42.5 Å². The number of ether oxygens (including phenoxy) is 1. The summed E-state index contributed by atoms with van der Waals surface area (Å²) in [6, 6.07) is 12.6. The van der Waals surface area contributed by atoms with Crippen molar-refractivity contribution in [2.24, 2.45) is 5.92 Å². The maximum absolute atomic E-state index is 13.1. The number of hydrogen-bond acceptors (Lipinski definition) is 6. The van der Waals surface area contributed by atoms with Crippen molar-refractivity contribution in [3.63, 3.8) is 0 Å². The maximum atomic E-state index is 13.1. The van der Waals surface area contributed by atoms with Crippen LogP contribution in [-0.2, 0) is 9.59 Å². The van der Waals surface area contributed by atoms with Crippen LogP contribution < -0.4 is 9.64 Å². The van der Waals surface area contributed by atoms with Crippen LogP contribution in [0.4, 0.5) is 5.69 Å². The highest BCUT2D eigenvalue weighted by Crippen LogP contribution is 2.28. The molecule has 180 valence electrons. The van der Waals surface area contributed by atoms with Crippen LogP contribution >= 0.6 is 0 Å². The molecule has 2 fully saturated rings. The number of carbonyl (C=O) groups excluding carboxylic acids is 3. The van der Waals surface area contributed by atoms with Crippen LogP contribution in [0.25, 0.3) is 11.3 Å². The first-order chi connectivity index (χ1) is 17.0. The first-order valence-corrected chi connectivity index (χ1v) is 11.5. The molecule has 0 unspecified atom stereocenters. The number of nitrogens with one attached hydrogen (secondary N) is 1. The zero-order valence-electron chi connectivity index (χ0n) is 19.4. The second-order valence-electron chi connectivity index (χ2n) is 8.62. The molecule has 5 rings (SSSR count). The van der Waals surface area contributed by atoms with Gasteiger partial charge in [0.15, 0.2) is 0 Å². The third-order valence-electron chi connectivity index (χ3n) is 6.52. The highest BCUT2D eigenvalue weighted by molar-refractivity contribution is 6.00. The van der Waals surface area contributed by atoms with Crippen molar-refractivity contribution in [2.75, 3.05) is 44.7 Å². The summed E-state index contributed by atoms with van der Waals surface area (Å²) in [5.41, 5.74) is 2.72. The zero-order chi connectivity index (χ0) is 24.4. The number of carbonyl (C=O) groups is 3. The number of H-pyrrole nitrogens is 1. The van der Waals surface area contributed by atoms with E-state index in [9.17, 15) is 14.4 Å². The molecule has 3 aromatic rings. The van der Waals surface area contributed by atoms with Gasteiger partial charge in [-0.25, -0.2) is 0 Å². The number of nitrogens with zero attached hydrogens (tertiary/aromatic N) is 5. The van der Waals surface area contributed by atoms with E-state index in [0.29, 0.717) is 49.9 Å². The summed E-state index contributed by atoms with van der Waals surface area (Å²) in [6.45, 7) is 2.08. The number of benzene rings is 1. The summed E-state index contributed by atoms with van der Waals surface area (Å²) in [4.78, 5) is 47.8. The Balaban J connectivity index is 1.17. The number of pyridine rings is 1. The van der Waals surface area contributed by atoms with Crippen molar-refractivity contribution in [2.45, 2.75) is 6.42 Å². The largest absolute Gasteiger partial charge is 0.497 e. The molecule has 35 heavy (non-hydrogen) atoms. The van der Waals surface area contributed by atoms with Crippen LogP contribution in [0.3, 0.4) is 0 Å². The minimum Gasteiger partial charge on any atom is -0.497 e. The number of aromatic nitrogens is 3. The van der Waals surface area contributed by atoms with Gasteiger partial charge >= 0.3 is 0 Å². The maximum Gasteiger partial charge on any atom is 0.272 e. The van der Waals surface area contributed by atoms with Gasteiger partial charge in [-0.1, -0.05) is 0 Å². The third-order valence-corrected chi connectivity index (χ3v) is 6.52. The van der Waals surface area contributed by atoms with Crippen LogP contribution in [0, 0.1) is 5.92 Å². The third kappa shape index (κ3) is 4.59. The number of amides is 3. The van der Waals surface area contributed by atoms with Crippen molar-refractivity contribution < 1.29 is 19.1 Å².